The van der Waals surface area contributed by atoms with Gasteiger partial charge in [0.05, 0.1) is 6.07 Å². The Morgan fingerprint density at radius 2 is 2.16 bits per heavy atom. The molecule has 0 bridgehead atoms. The summed E-state index contributed by atoms with van der Waals surface area (Å²) >= 11 is 0. The van der Waals surface area contributed by atoms with Crippen LogP contribution in [0.3, 0.4) is 0 Å². The zero-order valence-corrected chi connectivity index (χ0v) is 13.2. The molecule has 0 amide bonds. The van der Waals surface area contributed by atoms with E-state index < -0.39 is 0 Å². The van der Waals surface area contributed by atoms with Crippen molar-refractivity contribution >= 4 is 0 Å². The van der Waals surface area contributed by atoms with E-state index in [1.54, 1.807) is 0 Å². The molecule has 0 radical (unpaired) electrons. The molecule has 110 valence electrons. The number of nitrogens with one attached hydrogen (secondary N) is 1. The lowest BCUT2D eigenvalue weighted by molar-refractivity contribution is 0.0818. The van der Waals surface area contributed by atoms with Crippen LogP contribution in [0.5, 0.6) is 0 Å². The maximum Gasteiger partial charge on any atom is 0.105 e. The summed E-state index contributed by atoms with van der Waals surface area (Å²) in [5.74, 6) is 0. The van der Waals surface area contributed by atoms with Crippen LogP contribution in [0.2, 0.25) is 0 Å². The van der Waals surface area contributed by atoms with Crippen molar-refractivity contribution in [2.24, 2.45) is 0 Å². The average molecular weight is 265 g/mol. The van der Waals surface area contributed by atoms with E-state index in [9.17, 15) is 5.26 Å². The summed E-state index contributed by atoms with van der Waals surface area (Å²) in [6, 6.07) is 3.68. The van der Waals surface area contributed by atoms with E-state index in [4.69, 9.17) is 0 Å². The van der Waals surface area contributed by atoms with Gasteiger partial charge in [0.25, 0.3) is 0 Å². The molecule has 0 aliphatic carbocycles. The van der Waals surface area contributed by atoms with Crippen molar-refractivity contribution in [3.8, 4) is 6.07 Å². The molecule has 0 aromatic carbocycles. The van der Waals surface area contributed by atoms with Crippen LogP contribution in [-0.4, -0.2) is 35.6 Å². The lowest BCUT2D eigenvalue weighted by atomic mass is 9.90. The van der Waals surface area contributed by atoms with Gasteiger partial charge in [0, 0.05) is 12.1 Å². The smallest absolute Gasteiger partial charge is 0.105 e. The van der Waals surface area contributed by atoms with Crippen LogP contribution >= 0.6 is 0 Å². The van der Waals surface area contributed by atoms with Crippen molar-refractivity contribution in [3.63, 3.8) is 0 Å². The number of nitrogens with zero attached hydrogens (tertiary/aromatic N) is 2. The summed E-state index contributed by atoms with van der Waals surface area (Å²) in [5, 5.41) is 12.7. The van der Waals surface area contributed by atoms with Crippen LogP contribution in [0.4, 0.5) is 0 Å². The fourth-order valence-corrected chi connectivity index (χ4v) is 3.50. The van der Waals surface area contributed by atoms with Crippen LogP contribution in [-0.2, 0) is 0 Å². The number of hydrogen-bond acceptors (Lipinski definition) is 3. The highest BCUT2D eigenvalue weighted by atomic mass is 15.2. The molecule has 1 fully saturated rings. The van der Waals surface area contributed by atoms with Gasteiger partial charge in [0.2, 0.25) is 0 Å². The third-order valence-electron chi connectivity index (χ3n) is 4.38. The number of rotatable bonds is 7. The summed E-state index contributed by atoms with van der Waals surface area (Å²) in [7, 11) is 0. The van der Waals surface area contributed by atoms with Crippen molar-refractivity contribution < 1.29 is 0 Å². The minimum atomic E-state index is -0.387. The molecule has 3 heteroatoms. The molecular weight excluding hydrogens is 234 g/mol. The minimum absolute atomic E-state index is 0.387. The fourth-order valence-electron chi connectivity index (χ4n) is 3.50. The van der Waals surface area contributed by atoms with Gasteiger partial charge in [0.15, 0.2) is 0 Å². The van der Waals surface area contributed by atoms with E-state index in [-0.39, 0.29) is 5.54 Å². The normalized spacial score (nSPS) is 25.5. The second-order valence-corrected chi connectivity index (χ2v) is 6.20. The van der Waals surface area contributed by atoms with Gasteiger partial charge >= 0.3 is 0 Å². The van der Waals surface area contributed by atoms with Crippen LogP contribution in [0.25, 0.3) is 0 Å². The van der Waals surface area contributed by atoms with E-state index in [2.05, 4.69) is 37.1 Å². The maximum absolute atomic E-state index is 9.40. The number of piperidine rings is 1. The van der Waals surface area contributed by atoms with Crippen molar-refractivity contribution in [2.45, 2.75) is 83.8 Å². The van der Waals surface area contributed by atoms with Gasteiger partial charge in [-0.05, 0) is 52.6 Å². The van der Waals surface area contributed by atoms with Crippen molar-refractivity contribution in [1.29, 1.82) is 5.26 Å². The van der Waals surface area contributed by atoms with Crippen LogP contribution in [0.15, 0.2) is 0 Å². The molecule has 3 atom stereocenters. The first-order valence-electron chi connectivity index (χ1n) is 7.98. The Bertz CT molecular complexity index is 295. The van der Waals surface area contributed by atoms with Crippen LogP contribution in [0.1, 0.15) is 66.2 Å². The highest BCUT2D eigenvalue weighted by molar-refractivity contribution is 5.05. The first-order chi connectivity index (χ1) is 9.06. The first-order valence-corrected chi connectivity index (χ1v) is 7.98. The van der Waals surface area contributed by atoms with Gasteiger partial charge in [0.1, 0.15) is 5.54 Å². The molecule has 0 aromatic heterocycles. The molecule has 3 unspecified atom stereocenters. The highest BCUT2D eigenvalue weighted by Gasteiger charge is 2.31. The molecule has 0 aromatic rings. The van der Waals surface area contributed by atoms with Crippen LogP contribution < -0.4 is 5.32 Å². The standard InChI is InChI=1S/C16H31N3/c1-5-9-15-10-7-8-11-19(15)14(3)12-16(4,13-17)18-6-2/h14-15,18H,5-12H2,1-4H3. The van der Waals surface area contributed by atoms with Gasteiger partial charge in [-0.15, -0.1) is 0 Å². The molecule has 1 aliphatic heterocycles. The molecule has 1 rings (SSSR count). The summed E-state index contributed by atoms with van der Waals surface area (Å²) in [5.41, 5.74) is -0.387. The SMILES string of the molecule is CCCC1CCCCN1C(C)CC(C)(C#N)NCC. The molecule has 1 aliphatic rings. The minimum Gasteiger partial charge on any atom is -0.300 e. The lowest BCUT2D eigenvalue weighted by Crippen LogP contribution is -2.51. The van der Waals surface area contributed by atoms with E-state index in [1.807, 2.05) is 6.92 Å². The van der Waals surface area contributed by atoms with Crippen molar-refractivity contribution in [1.82, 2.24) is 10.2 Å². The Balaban J connectivity index is 2.63. The first kappa shape index (κ1) is 16.5. The zero-order valence-electron chi connectivity index (χ0n) is 13.2. The highest BCUT2D eigenvalue weighted by Crippen LogP contribution is 2.26. The Hall–Kier alpha value is -0.590. The second-order valence-electron chi connectivity index (χ2n) is 6.20. The Labute approximate surface area is 119 Å². The molecule has 3 nitrogen and oxygen atoms in total. The monoisotopic (exact) mass is 265 g/mol. The Kier molecular flexibility index (Phi) is 6.82. The van der Waals surface area contributed by atoms with Gasteiger partial charge in [-0.2, -0.15) is 5.26 Å². The second kappa shape index (κ2) is 7.87. The third kappa shape index (κ3) is 4.78. The van der Waals surface area contributed by atoms with Gasteiger partial charge < -0.3 is 0 Å². The van der Waals surface area contributed by atoms with Crippen molar-refractivity contribution in [2.75, 3.05) is 13.1 Å². The number of likely N-dealkylation sites (tertiary alicyclic amines) is 1. The maximum atomic E-state index is 9.40. The molecule has 0 spiro atoms. The number of hydrogen-bond donors (Lipinski definition) is 1. The number of nitriles is 1. The molecule has 1 saturated heterocycles. The topological polar surface area (TPSA) is 39.1 Å². The molecule has 1 heterocycles. The van der Waals surface area contributed by atoms with Gasteiger partial charge in [-0.25, -0.2) is 0 Å². The van der Waals surface area contributed by atoms with E-state index >= 15 is 0 Å². The van der Waals surface area contributed by atoms with Gasteiger partial charge in [-0.1, -0.05) is 26.7 Å². The van der Waals surface area contributed by atoms with Crippen molar-refractivity contribution in [3.05, 3.63) is 0 Å². The fraction of sp³-hybridized carbons (Fsp3) is 0.938. The summed E-state index contributed by atoms with van der Waals surface area (Å²) in [6.07, 6.45) is 7.50. The molecule has 0 saturated carbocycles. The molecular formula is C16H31N3. The van der Waals surface area contributed by atoms with E-state index in [0.29, 0.717) is 6.04 Å². The predicted molar refractivity (Wildman–Crippen MR) is 81.0 cm³/mol. The van der Waals surface area contributed by atoms with E-state index in [0.717, 1.165) is 19.0 Å². The Morgan fingerprint density at radius 1 is 1.42 bits per heavy atom. The average Bonchev–Trinajstić information content (AvgIpc) is 2.40. The molecule has 19 heavy (non-hydrogen) atoms. The quantitative estimate of drug-likeness (QED) is 0.767. The summed E-state index contributed by atoms with van der Waals surface area (Å²) < 4.78 is 0. The summed E-state index contributed by atoms with van der Waals surface area (Å²) in [6.45, 7) is 10.7. The summed E-state index contributed by atoms with van der Waals surface area (Å²) in [4.78, 5) is 2.65. The van der Waals surface area contributed by atoms with Crippen LogP contribution in [0, 0.1) is 11.3 Å². The van der Waals surface area contributed by atoms with E-state index in [1.165, 1.54) is 38.6 Å². The van der Waals surface area contributed by atoms with Gasteiger partial charge in [-0.3, -0.25) is 10.2 Å². The molecule has 1 N–H and O–H groups in total. The largest absolute Gasteiger partial charge is 0.300 e. The Morgan fingerprint density at radius 3 is 2.74 bits per heavy atom. The third-order valence-corrected chi connectivity index (χ3v) is 4.38. The lowest BCUT2D eigenvalue weighted by Gasteiger charge is -2.42. The predicted octanol–water partition coefficient (Wildman–Crippen LogP) is 3.31. The zero-order chi connectivity index (χ0) is 14.3.